The number of pyridine rings is 1. The molecule has 0 unspecified atom stereocenters. The summed E-state index contributed by atoms with van der Waals surface area (Å²) in [6.45, 7) is 1.23. The minimum Gasteiger partial charge on any atom is -0.497 e. The van der Waals surface area contributed by atoms with Crippen LogP contribution in [0.3, 0.4) is 0 Å². The smallest absolute Gasteiger partial charge is 0.255 e. The van der Waals surface area contributed by atoms with Crippen LogP contribution in [0.1, 0.15) is 34.8 Å². The van der Waals surface area contributed by atoms with Crippen molar-refractivity contribution in [3.8, 4) is 28.6 Å². The van der Waals surface area contributed by atoms with Crippen LogP contribution in [0.4, 0.5) is 0 Å². The van der Waals surface area contributed by atoms with Gasteiger partial charge in [-0.25, -0.2) is 4.98 Å². The summed E-state index contributed by atoms with van der Waals surface area (Å²) in [4.78, 5) is 28.6. The van der Waals surface area contributed by atoms with Crippen molar-refractivity contribution in [3.63, 3.8) is 0 Å². The number of likely N-dealkylation sites (tertiary alicyclic amines) is 1. The Bertz CT molecular complexity index is 1300. The van der Waals surface area contributed by atoms with Gasteiger partial charge in [-0.05, 0) is 49.2 Å². The highest BCUT2D eigenvalue weighted by Gasteiger charge is 2.29. The highest BCUT2D eigenvalue weighted by Crippen LogP contribution is 2.33. The highest BCUT2D eigenvalue weighted by molar-refractivity contribution is 5.94. The van der Waals surface area contributed by atoms with Crippen molar-refractivity contribution < 1.29 is 14.3 Å². The Morgan fingerprint density at radius 2 is 1.80 bits per heavy atom. The zero-order chi connectivity index (χ0) is 24.2. The van der Waals surface area contributed by atoms with Crippen LogP contribution in [0.25, 0.3) is 11.3 Å². The summed E-state index contributed by atoms with van der Waals surface area (Å²) in [5, 5.41) is 4.18. The average Bonchev–Trinajstić information content (AvgIpc) is 3.35. The third-order valence-electron chi connectivity index (χ3n) is 6.07. The van der Waals surface area contributed by atoms with Gasteiger partial charge in [0.2, 0.25) is 5.88 Å². The van der Waals surface area contributed by atoms with Crippen LogP contribution < -0.4 is 9.47 Å². The van der Waals surface area contributed by atoms with Crippen LogP contribution in [0.5, 0.6) is 17.4 Å². The van der Waals surface area contributed by atoms with E-state index in [1.165, 1.54) is 0 Å². The molecule has 0 bridgehead atoms. The molecule has 1 fully saturated rings. The second kappa shape index (κ2) is 9.92. The summed E-state index contributed by atoms with van der Waals surface area (Å²) in [5.41, 5.74) is 3.01. The molecule has 1 aliphatic heterocycles. The topological polar surface area (TPSA) is 95.3 Å². The first-order valence-electron chi connectivity index (χ1n) is 11.5. The predicted octanol–water partition coefficient (Wildman–Crippen LogP) is 4.09. The molecule has 0 aliphatic carbocycles. The number of benzene rings is 1. The number of aromatic nitrogens is 5. The van der Waals surface area contributed by atoms with Gasteiger partial charge in [0.1, 0.15) is 17.2 Å². The summed E-state index contributed by atoms with van der Waals surface area (Å²) < 4.78 is 13.0. The lowest BCUT2D eigenvalue weighted by atomic mass is 9.94. The minimum absolute atomic E-state index is 0.0253. The zero-order valence-electron chi connectivity index (χ0n) is 19.7. The third kappa shape index (κ3) is 4.98. The number of amides is 1. The van der Waals surface area contributed by atoms with Crippen LogP contribution in [0, 0.1) is 0 Å². The van der Waals surface area contributed by atoms with Gasteiger partial charge in [0.05, 0.1) is 24.6 Å². The minimum atomic E-state index is -0.0403. The van der Waals surface area contributed by atoms with E-state index in [1.54, 1.807) is 36.6 Å². The first-order chi connectivity index (χ1) is 17.1. The number of carbonyl (C=O) groups excluding carboxylic acids is 1. The van der Waals surface area contributed by atoms with Crippen molar-refractivity contribution in [3.05, 3.63) is 78.6 Å². The first-order valence-corrected chi connectivity index (χ1v) is 11.5. The Morgan fingerprint density at radius 1 is 1.00 bits per heavy atom. The second-order valence-corrected chi connectivity index (χ2v) is 8.45. The Balaban J connectivity index is 1.30. The van der Waals surface area contributed by atoms with E-state index >= 15 is 0 Å². The number of hydrogen-bond donors (Lipinski definition) is 0. The quantitative estimate of drug-likeness (QED) is 0.419. The largest absolute Gasteiger partial charge is 0.497 e. The van der Waals surface area contributed by atoms with Gasteiger partial charge in [0.25, 0.3) is 5.91 Å². The molecule has 4 aromatic rings. The van der Waals surface area contributed by atoms with Gasteiger partial charge in [-0.1, -0.05) is 0 Å². The fourth-order valence-corrected chi connectivity index (χ4v) is 4.26. The molecule has 9 nitrogen and oxygen atoms in total. The molecule has 5 rings (SSSR count). The molecule has 1 amide bonds. The fourth-order valence-electron chi connectivity index (χ4n) is 4.26. The lowest BCUT2D eigenvalue weighted by Crippen LogP contribution is -2.39. The van der Waals surface area contributed by atoms with Crippen molar-refractivity contribution in [2.45, 2.75) is 18.8 Å². The molecule has 1 saturated heterocycles. The number of aryl methyl sites for hydroxylation is 1. The van der Waals surface area contributed by atoms with Gasteiger partial charge in [-0.3, -0.25) is 19.4 Å². The number of piperidine rings is 1. The van der Waals surface area contributed by atoms with Crippen LogP contribution >= 0.6 is 0 Å². The first kappa shape index (κ1) is 22.5. The van der Waals surface area contributed by atoms with E-state index in [1.807, 2.05) is 54.5 Å². The molecule has 0 radical (unpaired) electrons. The summed E-state index contributed by atoms with van der Waals surface area (Å²) in [5.74, 6) is 1.84. The predicted molar refractivity (Wildman–Crippen MR) is 129 cm³/mol. The number of hydrogen-bond acceptors (Lipinski definition) is 7. The number of carbonyl (C=O) groups is 1. The summed E-state index contributed by atoms with van der Waals surface area (Å²) >= 11 is 0. The maximum absolute atomic E-state index is 13.3. The van der Waals surface area contributed by atoms with Crippen LogP contribution in [0.2, 0.25) is 0 Å². The molecule has 0 saturated carbocycles. The van der Waals surface area contributed by atoms with Crippen molar-refractivity contribution in [2.75, 3.05) is 20.2 Å². The summed E-state index contributed by atoms with van der Waals surface area (Å²) in [7, 11) is 3.48. The Labute approximate surface area is 203 Å². The van der Waals surface area contributed by atoms with E-state index in [0.29, 0.717) is 30.3 Å². The Kier molecular flexibility index (Phi) is 6.38. The lowest BCUT2D eigenvalue weighted by Gasteiger charge is -2.32. The van der Waals surface area contributed by atoms with Gasteiger partial charge < -0.3 is 14.4 Å². The average molecular weight is 471 g/mol. The molecule has 35 heavy (non-hydrogen) atoms. The Hall–Kier alpha value is -4.27. The fraction of sp³-hybridized carbons (Fsp3) is 0.269. The number of rotatable bonds is 6. The number of nitrogens with zero attached hydrogens (tertiary/aromatic N) is 6. The molecular weight excluding hydrogens is 444 g/mol. The molecule has 4 heterocycles. The van der Waals surface area contributed by atoms with Gasteiger partial charge in [-0.15, -0.1) is 0 Å². The molecule has 9 heteroatoms. The lowest BCUT2D eigenvalue weighted by molar-refractivity contribution is 0.0704. The van der Waals surface area contributed by atoms with Crippen molar-refractivity contribution in [2.24, 2.45) is 7.05 Å². The molecule has 1 atom stereocenters. The molecule has 178 valence electrons. The summed E-state index contributed by atoms with van der Waals surface area (Å²) in [6, 6.07) is 11.0. The SMILES string of the molecule is COc1ccc(Oc2nccnc2[C@H]2CCCN(C(=O)c3ccc(-c4cnn(C)c4)nc3)C2)cc1. The van der Waals surface area contributed by atoms with E-state index in [4.69, 9.17) is 9.47 Å². The van der Waals surface area contributed by atoms with E-state index in [9.17, 15) is 4.79 Å². The van der Waals surface area contributed by atoms with E-state index < -0.39 is 0 Å². The van der Waals surface area contributed by atoms with Crippen LogP contribution in [0.15, 0.2) is 67.4 Å². The standard InChI is InChI=1S/C26H26N6O3/c1-31-16-20(15-30-31)23-10-5-18(14-29-23)26(33)32-13-3-4-19(17-32)24-25(28-12-11-27-24)35-22-8-6-21(34-2)7-9-22/h5-12,14-16,19H,3-4,13,17H2,1-2H3/t19-/m0/s1. The Morgan fingerprint density at radius 3 is 2.51 bits per heavy atom. The summed E-state index contributed by atoms with van der Waals surface area (Å²) in [6.07, 6.45) is 10.3. The highest BCUT2D eigenvalue weighted by atomic mass is 16.5. The van der Waals surface area contributed by atoms with Gasteiger partial charge in [0.15, 0.2) is 0 Å². The molecule has 3 aromatic heterocycles. The molecule has 0 N–H and O–H groups in total. The third-order valence-corrected chi connectivity index (χ3v) is 6.07. The van der Waals surface area contributed by atoms with Crippen LogP contribution in [-0.2, 0) is 7.05 Å². The van der Waals surface area contributed by atoms with E-state index in [0.717, 1.165) is 35.5 Å². The van der Waals surface area contributed by atoms with Crippen molar-refractivity contribution >= 4 is 5.91 Å². The molecule has 1 aliphatic rings. The van der Waals surface area contributed by atoms with E-state index in [2.05, 4.69) is 20.1 Å². The molecule has 1 aromatic carbocycles. The molecule has 0 spiro atoms. The molecular formula is C26H26N6O3. The second-order valence-electron chi connectivity index (χ2n) is 8.45. The zero-order valence-corrected chi connectivity index (χ0v) is 19.7. The van der Waals surface area contributed by atoms with Crippen molar-refractivity contribution in [1.82, 2.24) is 29.6 Å². The number of methoxy groups -OCH3 is 1. The number of ether oxygens (including phenoxy) is 2. The van der Waals surface area contributed by atoms with Crippen molar-refractivity contribution in [1.29, 1.82) is 0 Å². The van der Waals surface area contributed by atoms with E-state index in [-0.39, 0.29) is 11.8 Å². The maximum atomic E-state index is 13.3. The maximum Gasteiger partial charge on any atom is 0.255 e. The normalized spacial score (nSPS) is 15.6. The van der Waals surface area contributed by atoms with Gasteiger partial charge in [0, 0.05) is 56.4 Å². The monoisotopic (exact) mass is 470 g/mol. The van der Waals surface area contributed by atoms with Gasteiger partial charge in [-0.2, -0.15) is 5.10 Å². The van der Waals surface area contributed by atoms with Crippen LogP contribution in [-0.4, -0.2) is 55.7 Å². The van der Waals surface area contributed by atoms with Gasteiger partial charge >= 0.3 is 0 Å².